The predicted octanol–water partition coefficient (Wildman–Crippen LogP) is 20.0. The van der Waals surface area contributed by atoms with Crippen LogP contribution in [0.15, 0.2) is 237 Å². The Morgan fingerprint density at radius 1 is 0.452 bits per heavy atom. The van der Waals surface area contributed by atoms with Gasteiger partial charge in [0.25, 0.3) is 0 Å². The van der Waals surface area contributed by atoms with E-state index in [1.165, 1.54) is 145 Å². The minimum atomic E-state index is -0.182. The van der Waals surface area contributed by atoms with Gasteiger partial charge in [0, 0.05) is 77.8 Å². The average Bonchev–Trinajstić information content (AvgIpc) is 4.08. The fourth-order valence-electron chi connectivity index (χ4n) is 12.7. The molecule has 0 spiro atoms. The van der Waals surface area contributed by atoms with E-state index in [1.807, 2.05) is 11.3 Å². The molecule has 73 heavy (non-hydrogen) atoms. The summed E-state index contributed by atoms with van der Waals surface area (Å²) < 4.78 is 5.73. The molecule has 2 aliphatic carbocycles. The van der Waals surface area contributed by atoms with Crippen LogP contribution in [0.2, 0.25) is 0 Å². The minimum absolute atomic E-state index is 0.182. The summed E-state index contributed by atoms with van der Waals surface area (Å²) in [6, 6.07) is 84.9. The first-order valence-electron chi connectivity index (χ1n) is 26.0. The third-order valence-corrected chi connectivity index (χ3v) is 17.7. The van der Waals surface area contributed by atoms with E-state index < -0.39 is 0 Å². The van der Waals surface area contributed by atoms with Gasteiger partial charge in [-0.15, -0.1) is 11.3 Å². The molecule has 14 rings (SSSR count). The number of nitrogens with zero attached hydrogens (tertiary/aromatic N) is 2. The highest BCUT2D eigenvalue weighted by Gasteiger charge is 2.38. The van der Waals surface area contributed by atoms with Crippen molar-refractivity contribution in [2.24, 2.45) is 0 Å². The van der Waals surface area contributed by atoms with E-state index in [0.29, 0.717) is 10.5 Å². The van der Waals surface area contributed by atoms with Crippen LogP contribution in [0.1, 0.15) is 50.3 Å². The quantitative estimate of drug-likeness (QED) is 0.106. The Hall–Kier alpha value is -8.08. The zero-order valence-corrected chi connectivity index (χ0v) is 42.3. The number of rotatable bonds is 8. The van der Waals surface area contributed by atoms with Crippen molar-refractivity contribution in [3.05, 3.63) is 248 Å². The van der Waals surface area contributed by atoms with E-state index in [1.54, 1.807) is 0 Å². The lowest BCUT2D eigenvalue weighted by Crippen LogP contribution is -2.34. The number of quaternary nitrogens is 1. The summed E-state index contributed by atoms with van der Waals surface area (Å²) in [6.07, 6.45) is 8.37. The maximum Gasteiger partial charge on any atom is 0.150 e. The summed E-state index contributed by atoms with van der Waals surface area (Å²) in [5, 5.41) is 5.32. The smallest absolute Gasteiger partial charge is 0.150 e. The molecule has 2 heterocycles. The van der Waals surface area contributed by atoms with Crippen molar-refractivity contribution in [3.63, 3.8) is 0 Å². The maximum absolute atomic E-state index is 2.60. The van der Waals surface area contributed by atoms with E-state index in [2.05, 4.69) is 262 Å². The van der Waals surface area contributed by atoms with Crippen LogP contribution in [0.4, 0.5) is 17.1 Å². The lowest BCUT2D eigenvalue weighted by Gasteiger charge is -2.35. The Balaban J connectivity index is 0.885. The van der Waals surface area contributed by atoms with Gasteiger partial charge >= 0.3 is 0 Å². The monoisotopic (exact) mass is 955 g/mol. The third kappa shape index (κ3) is 6.94. The molecule has 0 amide bonds. The SMILES string of the molecule is CC1(C)c2ccc(-c3ccccc3[N+](C)(c3ccc(-c4ccc5sc6ccccc6c5c4)cc3)c3cccc(-c4ccccc4)c3)cc2-c2ccc(-c3cccc4c3c3ccccc3n4C3C=CCCC3)cc21. The Labute approximate surface area is 432 Å². The van der Waals surface area contributed by atoms with Crippen molar-refractivity contribution >= 4 is 70.4 Å². The predicted molar refractivity (Wildman–Crippen MR) is 314 cm³/mol. The van der Waals surface area contributed by atoms with Crippen LogP contribution >= 0.6 is 11.3 Å². The summed E-state index contributed by atoms with van der Waals surface area (Å²) in [5.41, 5.74) is 21.3. The second-order valence-electron chi connectivity index (χ2n) is 21.0. The normalized spacial score (nSPS) is 15.7. The number of para-hydroxylation sites is 2. The summed E-state index contributed by atoms with van der Waals surface area (Å²) in [7, 11) is 2.37. The number of allylic oxidation sites excluding steroid dienone is 2. The Kier molecular flexibility index (Phi) is 10.2. The number of hydrogen-bond donors (Lipinski definition) is 0. The fourth-order valence-corrected chi connectivity index (χ4v) is 13.8. The zero-order chi connectivity index (χ0) is 48.8. The molecule has 0 aliphatic heterocycles. The number of thiophene rings is 1. The van der Waals surface area contributed by atoms with Gasteiger partial charge in [-0.25, -0.2) is 4.48 Å². The van der Waals surface area contributed by atoms with Crippen LogP contribution in [0.5, 0.6) is 0 Å². The highest BCUT2D eigenvalue weighted by Crippen LogP contribution is 2.54. The molecule has 0 radical (unpaired) electrons. The topological polar surface area (TPSA) is 4.93 Å². The molecule has 3 heteroatoms. The van der Waals surface area contributed by atoms with Crippen molar-refractivity contribution in [1.82, 2.24) is 9.05 Å². The van der Waals surface area contributed by atoms with E-state index in [9.17, 15) is 0 Å². The molecule has 2 aromatic heterocycles. The molecule has 350 valence electrons. The summed E-state index contributed by atoms with van der Waals surface area (Å²) in [4.78, 5) is 0. The average molecular weight is 956 g/mol. The summed E-state index contributed by atoms with van der Waals surface area (Å²) in [6.45, 7) is 4.82. The lowest BCUT2D eigenvalue weighted by molar-refractivity contribution is 0.542. The van der Waals surface area contributed by atoms with Gasteiger partial charge in [-0.2, -0.15) is 0 Å². The zero-order valence-electron chi connectivity index (χ0n) is 41.5. The molecule has 0 saturated carbocycles. The van der Waals surface area contributed by atoms with Gasteiger partial charge in [-0.3, -0.25) is 0 Å². The molecule has 2 atom stereocenters. The van der Waals surface area contributed by atoms with Crippen LogP contribution in [0, 0.1) is 0 Å². The number of hydrogen-bond acceptors (Lipinski definition) is 1. The standard InChI is InChI=1S/C70H55N2S/c1-70(2)62-40-35-50(44-60(62)57-39-34-51(45-63(57)70)56-27-17-29-65-69(56)59-26-10-13-28-64(59)71(65)52-21-8-5-9-22-52)55-24-11-14-30-66(55)72(3,54-23-16-20-48(42-54)46-18-6-4-7-19-46)53-37-32-47(33-38-53)49-36-41-68-61(43-49)58-25-12-15-31-67(58)73-68/h4,6-8,10-21,23-45,52H,5,9,22H2,1-3H3/q+1. The summed E-state index contributed by atoms with van der Waals surface area (Å²) >= 11 is 1.87. The molecule has 2 aliphatic rings. The molecule has 2 nitrogen and oxygen atoms in total. The van der Waals surface area contributed by atoms with Gasteiger partial charge in [0.2, 0.25) is 0 Å². The Morgan fingerprint density at radius 2 is 1.11 bits per heavy atom. The second-order valence-corrected chi connectivity index (χ2v) is 22.0. The van der Waals surface area contributed by atoms with Crippen LogP contribution in [0.3, 0.4) is 0 Å². The van der Waals surface area contributed by atoms with Crippen molar-refractivity contribution in [1.29, 1.82) is 0 Å². The summed E-state index contributed by atoms with van der Waals surface area (Å²) in [5.74, 6) is 0. The van der Waals surface area contributed by atoms with E-state index in [0.717, 1.165) is 0 Å². The van der Waals surface area contributed by atoms with E-state index in [-0.39, 0.29) is 5.41 Å². The number of fused-ring (bicyclic) bond motifs is 9. The van der Waals surface area contributed by atoms with Crippen LogP contribution in [-0.2, 0) is 5.41 Å². The molecular formula is C70H55N2S+. The molecule has 0 bridgehead atoms. The van der Waals surface area contributed by atoms with Crippen LogP contribution < -0.4 is 4.48 Å². The highest BCUT2D eigenvalue weighted by molar-refractivity contribution is 7.25. The van der Waals surface area contributed by atoms with E-state index >= 15 is 0 Å². The molecular weight excluding hydrogens is 901 g/mol. The largest absolute Gasteiger partial charge is 0.333 e. The van der Waals surface area contributed by atoms with Crippen LogP contribution in [-0.4, -0.2) is 11.6 Å². The van der Waals surface area contributed by atoms with Gasteiger partial charge < -0.3 is 4.57 Å². The molecule has 0 N–H and O–H groups in total. The molecule has 10 aromatic carbocycles. The van der Waals surface area contributed by atoms with Crippen molar-refractivity contribution in [3.8, 4) is 55.6 Å². The van der Waals surface area contributed by atoms with Crippen molar-refractivity contribution in [2.75, 3.05) is 7.05 Å². The third-order valence-electron chi connectivity index (χ3n) is 16.5. The molecule has 2 unspecified atom stereocenters. The Morgan fingerprint density at radius 3 is 1.97 bits per heavy atom. The van der Waals surface area contributed by atoms with E-state index in [4.69, 9.17) is 0 Å². The van der Waals surface area contributed by atoms with Gasteiger partial charge in [-0.1, -0.05) is 159 Å². The first-order valence-corrected chi connectivity index (χ1v) is 26.8. The second kappa shape index (κ2) is 17.0. The van der Waals surface area contributed by atoms with Gasteiger partial charge in [-0.05, 0) is 141 Å². The number of aromatic nitrogens is 1. The molecule has 12 aromatic rings. The first kappa shape index (κ1) is 43.7. The number of benzene rings is 10. The molecule has 0 fully saturated rings. The Bertz CT molecular complexity index is 4170. The molecule has 0 saturated heterocycles. The van der Waals surface area contributed by atoms with Gasteiger partial charge in [0.05, 0.1) is 18.6 Å². The highest BCUT2D eigenvalue weighted by atomic mass is 32.1. The van der Waals surface area contributed by atoms with Gasteiger partial charge in [0.1, 0.15) is 11.4 Å². The van der Waals surface area contributed by atoms with Gasteiger partial charge in [0.15, 0.2) is 5.69 Å². The van der Waals surface area contributed by atoms with Crippen molar-refractivity contribution in [2.45, 2.75) is 44.6 Å². The van der Waals surface area contributed by atoms with Crippen LogP contribution in [0.25, 0.3) is 97.6 Å². The minimum Gasteiger partial charge on any atom is -0.333 e. The maximum atomic E-state index is 2.60. The fraction of sp³-hybridized carbons (Fsp3) is 0.114. The lowest BCUT2D eigenvalue weighted by atomic mass is 9.81. The van der Waals surface area contributed by atoms with Crippen molar-refractivity contribution < 1.29 is 0 Å². The first-order chi connectivity index (χ1) is 35.8.